The normalized spacial score (nSPS) is 10.1. The van der Waals surface area contributed by atoms with Crippen LogP contribution in [0.1, 0.15) is 5.82 Å². The van der Waals surface area contributed by atoms with E-state index in [-0.39, 0.29) is 0 Å². The topological polar surface area (TPSA) is 47.1 Å². The Bertz CT molecular complexity index is 409. The summed E-state index contributed by atoms with van der Waals surface area (Å²) in [5.41, 5.74) is 0. The lowest BCUT2D eigenvalue weighted by molar-refractivity contribution is 0.318. The number of aromatic nitrogens is 2. The highest BCUT2D eigenvalue weighted by Crippen LogP contribution is 2.16. The van der Waals surface area contributed by atoms with Gasteiger partial charge in [-0.2, -0.15) is 0 Å². The minimum Gasteiger partial charge on any atom is -0.497 e. The van der Waals surface area contributed by atoms with Crippen LogP contribution in [0.15, 0.2) is 36.7 Å². The highest BCUT2D eigenvalue weighted by Gasteiger charge is 1.97. The van der Waals surface area contributed by atoms with Crippen LogP contribution in [-0.4, -0.2) is 23.7 Å². The number of hydrogen-bond acceptors (Lipinski definition) is 3. The first-order valence-corrected chi connectivity index (χ1v) is 5.13. The van der Waals surface area contributed by atoms with E-state index in [9.17, 15) is 0 Å². The van der Waals surface area contributed by atoms with Crippen LogP contribution in [0.25, 0.3) is 0 Å². The fourth-order valence-electron chi connectivity index (χ4n) is 1.37. The zero-order valence-electron chi connectivity index (χ0n) is 9.14. The summed E-state index contributed by atoms with van der Waals surface area (Å²) in [7, 11) is 1.65. The molecule has 4 nitrogen and oxygen atoms in total. The number of rotatable bonds is 5. The molecule has 0 aliphatic rings. The lowest BCUT2D eigenvalue weighted by Crippen LogP contribution is -2.02. The lowest BCUT2D eigenvalue weighted by atomic mass is 10.3. The van der Waals surface area contributed by atoms with Crippen LogP contribution in [0, 0.1) is 0 Å². The van der Waals surface area contributed by atoms with Gasteiger partial charge in [-0.25, -0.2) is 4.98 Å². The number of benzene rings is 1. The third kappa shape index (κ3) is 2.76. The van der Waals surface area contributed by atoms with Crippen molar-refractivity contribution in [3.05, 3.63) is 42.5 Å². The molecule has 0 aliphatic carbocycles. The summed E-state index contributed by atoms with van der Waals surface area (Å²) in [6, 6.07) is 7.53. The van der Waals surface area contributed by atoms with Crippen molar-refractivity contribution in [3.63, 3.8) is 0 Å². The predicted molar refractivity (Wildman–Crippen MR) is 60.8 cm³/mol. The van der Waals surface area contributed by atoms with Crippen LogP contribution < -0.4 is 9.47 Å². The van der Waals surface area contributed by atoms with Crippen molar-refractivity contribution < 1.29 is 9.47 Å². The first-order chi connectivity index (χ1) is 7.88. The number of imidazole rings is 1. The van der Waals surface area contributed by atoms with E-state index in [1.54, 1.807) is 13.3 Å². The molecule has 0 unspecified atom stereocenters. The van der Waals surface area contributed by atoms with Gasteiger partial charge in [0, 0.05) is 18.8 Å². The number of H-pyrrole nitrogens is 1. The largest absolute Gasteiger partial charge is 0.497 e. The highest BCUT2D eigenvalue weighted by molar-refractivity contribution is 5.31. The number of aromatic amines is 1. The fraction of sp³-hybridized carbons (Fsp3) is 0.250. The van der Waals surface area contributed by atoms with E-state index in [2.05, 4.69) is 9.97 Å². The predicted octanol–water partition coefficient (Wildman–Crippen LogP) is 2.04. The molecule has 4 heteroatoms. The van der Waals surface area contributed by atoms with Crippen molar-refractivity contribution in [1.29, 1.82) is 0 Å². The Morgan fingerprint density at radius 3 is 2.56 bits per heavy atom. The number of nitrogens with one attached hydrogen (secondary N) is 1. The smallest absolute Gasteiger partial charge is 0.119 e. The summed E-state index contributed by atoms with van der Waals surface area (Å²) >= 11 is 0. The molecule has 0 spiro atoms. The Kier molecular flexibility index (Phi) is 3.43. The van der Waals surface area contributed by atoms with Gasteiger partial charge in [0.2, 0.25) is 0 Å². The number of methoxy groups -OCH3 is 1. The summed E-state index contributed by atoms with van der Waals surface area (Å²) in [4.78, 5) is 7.15. The van der Waals surface area contributed by atoms with Crippen molar-refractivity contribution in [3.8, 4) is 11.5 Å². The van der Waals surface area contributed by atoms with Crippen LogP contribution in [0.2, 0.25) is 0 Å². The van der Waals surface area contributed by atoms with Crippen molar-refractivity contribution in [1.82, 2.24) is 9.97 Å². The van der Waals surface area contributed by atoms with E-state index in [1.807, 2.05) is 30.5 Å². The van der Waals surface area contributed by atoms with Gasteiger partial charge in [-0.1, -0.05) is 0 Å². The van der Waals surface area contributed by atoms with Crippen LogP contribution in [-0.2, 0) is 6.42 Å². The molecule has 1 heterocycles. The highest BCUT2D eigenvalue weighted by atomic mass is 16.5. The van der Waals surface area contributed by atoms with Gasteiger partial charge < -0.3 is 14.5 Å². The maximum atomic E-state index is 5.56. The molecule has 0 saturated heterocycles. The third-order valence-corrected chi connectivity index (χ3v) is 2.22. The minimum atomic E-state index is 0.611. The van der Waals surface area contributed by atoms with Crippen molar-refractivity contribution in [2.45, 2.75) is 6.42 Å². The van der Waals surface area contributed by atoms with Crippen molar-refractivity contribution in [2.24, 2.45) is 0 Å². The van der Waals surface area contributed by atoms with Crippen LogP contribution >= 0.6 is 0 Å². The Morgan fingerprint density at radius 2 is 1.94 bits per heavy atom. The Balaban J connectivity index is 1.81. The average Bonchev–Trinajstić information content (AvgIpc) is 2.83. The summed E-state index contributed by atoms with van der Waals surface area (Å²) < 4.78 is 10.6. The summed E-state index contributed by atoms with van der Waals surface area (Å²) in [6.07, 6.45) is 4.32. The van der Waals surface area contributed by atoms with E-state index < -0.39 is 0 Å². The molecule has 0 fully saturated rings. The zero-order valence-corrected chi connectivity index (χ0v) is 9.14. The van der Waals surface area contributed by atoms with E-state index in [1.165, 1.54) is 0 Å². The standard InChI is InChI=1S/C12H14N2O2/c1-15-10-2-4-11(5-3-10)16-9-6-12-13-7-8-14-12/h2-5,7-8H,6,9H2,1H3,(H,13,14). The van der Waals surface area contributed by atoms with Crippen LogP contribution in [0.3, 0.4) is 0 Å². The van der Waals surface area contributed by atoms with Gasteiger partial charge in [0.1, 0.15) is 17.3 Å². The second-order valence-electron chi connectivity index (χ2n) is 3.31. The SMILES string of the molecule is COc1ccc(OCCc2ncc[nH]2)cc1. The summed E-state index contributed by atoms with van der Waals surface area (Å²) in [6.45, 7) is 0.611. The molecule has 0 bridgehead atoms. The molecule has 2 aromatic rings. The number of ether oxygens (including phenoxy) is 2. The summed E-state index contributed by atoms with van der Waals surface area (Å²) in [5.74, 6) is 2.61. The van der Waals surface area contributed by atoms with Gasteiger partial charge in [0.05, 0.1) is 13.7 Å². The zero-order chi connectivity index (χ0) is 11.2. The molecule has 0 aliphatic heterocycles. The number of hydrogen-bond donors (Lipinski definition) is 1. The van der Waals surface area contributed by atoms with Gasteiger partial charge >= 0.3 is 0 Å². The molecule has 1 aromatic heterocycles. The van der Waals surface area contributed by atoms with Crippen molar-refractivity contribution >= 4 is 0 Å². The van der Waals surface area contributed by atoms with Crippen LogP contribution in [0.5, 0.6) is 11.5 Å². The third-order valence-electron chi connectivity index (χ3n) is 2.22. The molecule has 84 valence electrons. The van der Waals surface area contributed by atoms with Gasteiger partial charge in [-0.3, -0.25) is 0 Å². The minimum absolute atomic E-state index is 0.611. The molecule has 0 atom stereocenters. The molecule has 2 rings (SSSR count). The first kappa shape index (κ1) is 10.5. The maximum absolute atomic E-state index is 5.56. The van der Waals surface area contributed by atoms with E-state index in [0.717, 1.165) is 23.7 Å². The second kappa shape index (κ2) is 5.21. The monoisotopic (exact) mass is 218 g/mol. The second-order valence-corrected chi connectivity index (χ2v) is 3.31. The van der Waals surface area contributed by atoms with E-state index >= 15 is 0 Å². The fourth-order valence-corrected chi connectivity index (χ4v) is 1.37. The van der Waals surface area contributed by atoms with E-state index in [4.69, 9.17) is 9.47 Å². The average molecular weight is 218 g/mol. The molecular weight excluding hydrogens is 204 g/mol. The van der Waals surface area contributed by atoms with Crippen LogP contribution in [0.4, 0.5) is 0 Å². The Morgan fingerprint density at radius 1 is 1.19 bits per heavy atom. The molecular formula is C12H14N2O2. The summed E-state index contributed by atoms with van der Waals surface area (Å²) in [5, 5.41) is 0. The molecule has 0 saturated carbocycles. The van der Waals surface area contributed by atoms with Gasteiger partial charge in [-0.05, 0) is 24.3 Å². The quantitative estimate of drug-likeness (QED) is 0.835. The molecule has 16 heavy (non-hydrogen) atoms. The first-order valence-electron chi connectivity index (χ1n) is 5.13. The van der Waals surface area contributed by atoms with Gasteiger partial charge in [0.25, 0.3) is 0 Å². The molecule has 1 N–H and O–H groups in total. The molecule has 1 aromatic carbocycles. The van der Waals surface area contributed by atoms with Gasteiger partial charge in [0.15, 0.2) is 0 Å². The molecule has 0 radical (unpaired) electrons. The Labute approximate surface area is 94.2 Å². The van der Waals surface area contributed by atoms with Crippen molar-refractivity contribution in [2.75, 3.05) is 13.7 Å². The number of nitrogens with zero attached hydrogens (tertiary/aromatic N) is 1. The maximum Gasteiger partial charge on any atom is 0.119 e. The Hall–Kier alpha value is -1.97. The molecule has 0 amide bonds. The lowest BCUT2D eigenvalue weighted by Gasteiger charge is -2.05. The van der Waals surface area contributed by atoms with E-state index in [0.29, 0.717) is 6.61 Å². The van der Waals surface area contributed by atoms with Gasteiger partial charge in [-0.15, -0.1) is 0 Å².